The van der Waals surface area contributed by atoms with Gasteiger partial charge >= 0.3 is 0 Å². The molecule has 2 heteroatoms. The van der Waals surface area contributed by atoms with Crippen LogP contribution < -0.4 is 10.7 Å². The molecule has 0 aliphatic rings. The summed E-state index contributed by atoms with van der Waals surface area (Å²) < 4.78 is 0. The van der Waals surface area contributed by atoms with Gasteiger partial charge in [-0.25, -0.2) is 0 Å². The first-order valence-electron chi connectivity index (χ1n) is 5.62. The second-order valence-electron chi connectivity index (χ2n) is 4.32. The highest BCUT2D eigenvalue weighted by atomic mass is 16.6. The number of rotatable bonds is 2. The molecule has 0 saturated carbocycles. The topological polar surface area (TPSA) is 35.2 Å². The Bertz CT molecular complexity index is 337. The third-order valence-electron chi connectivity index (χ3n) is 2.22. The Morgan fingerprint density at radius 2 is 1.81 bits per heavy atom. The molecule has 0 heterocycles. The Hall–Kier alpha value is -1.28. The molecule has 1 aromatic carbocycles. The van der Waals surface area contributed by atoms with Crippen LogP contribution in [0.2, 0.25) is 0 Å². The fourth-order valence-corrected chi connectivity index (χ4v) is 1.28. The third kappa shape index (κ3) is 3.70. The molecule has 0 atom stereocenters. The summed E-state index contributed by atoms with van der Waals surface area (Å²) in [6.07, 6.45) is 1.75. The SMILES string of the molecule is C=Cc1cc(C(C)(C)C)ccc1ON.CC. The zero-order chi connectivity index (χ0) is 12.8. The van der Waals surface area contributed by atoms with Crippen LogP contribution in [0.15, 0.2) is 24.8 Å². The molecule has 0 aromatic heterocycles. The highest BCUT2D eigenvalue weighted by Gasteiger charge is 2.14. The summed E-state index contributed by atoms with van der Waals surface area (Å²) in [5, 5.41) is 0. The van der Waals surface area contributed by atoms with Crippen LogP contribution in [0.3, 0.4) is 0 Å². The largest absolute Gasteiger partial charge is 0.411 e. The van der Waals surface area contributed by atoms with E-state index in [9.17, 15) is 0 Å². The summed E-state index contributed by atoms with van der Waals surface area (Å²) in [6, 6.07) is 5.95. The third-order valence-corrected chi connectivity index (χ3v) is 2.22. The number of benzene rings is 1. The fraction of sp³-hybridized carbons (Fsp3) is 0.429. The van der Waals surface area contributed by atoms with E-state index >= 15 is 0 Å². The molecular formula is C14H23NO. The number of nitrogens with two attached hydrogens (primary N) is 1. The van der Waals surface area contributed by atoms with E-state index in [4.69, 9.17) is 10.7 Å². The molecule has 0 fully saturated rings. The average Bonchev–Trinajstić information content (AvgIpc) is 2.29. The first kappa shape index (κ1) is 14.7. The summed E-state index contributed by atoms with van der Waals surface area (Å²) in [5.74, 6) is 5.80. The lowest BCUT2D eigenvalue weighted by atomic mass is 9.86. The second-order valence-corrected chi connectivity index (χ2v) is 4.32. The molecule has 1 aromatic rings. The van der Waals surface area contributed by atoms with Gasteiger partial charge in [0.15, 0.2) is 5.75 Å². The summed E-state index contributed by atoms with van der Waals surface area (Å²) in [7, 11) is 0. The standard InChI is InChI=1S/C12H17NO.C2H6/c1-5-9-8-10(12(2,3)4)6-7-11(9)14-13;1-2/h5-8H,1,13H2,2-4H3;1-2H3. The molecule has 0 saturated heterocycles. The average molecular weight is 221 g/mol. The molecule has 0 radical (unpaired) electrons. The van der Waals surface area contributed by atoms with Gasteiger partial charge in [-0.3, -0.25) is 0 Å². The van der Waals surface area contributed by atoms with Gasteiger partial charge in [0.2, 0.25) is 0 Å². The van der Waals surface area contributed by atoms with Crippen molar-refractivity contribution in [3.05, 3.63) is 35.9 Å². The first-order valence-corrected chi connectivity index (χ1v) is 5.62. The van der Waals surface area contributed by atoms with Crippen molar-refractivity contribution in [3.8, 4) is 5.75 Å². The predicted molar refractivity (Wildman–Crippen MR) is 71.4 cm³/mol. The second kappa shape index (κ2) is 6.33. The predicted octanol–water partition coefficient (Wildman–Crippen LogP) is 3.91. The molecular weight excluding hydrogens is 198 g/mol. The lowest BCUT2D eigenvalue weighted by molar-refractivity contribution is 0.333. The van der Waals surface area contributed by atoms with Crippen molar-refractivity contribution >= 4 is 6.08 Å². The van der Waals surface area contributed by atoms with E-state index in [1.165, 1.54) is 5.56 Å². The van der Waals surface area contributed by atoms with Crippen LogP contribution >= 0.6 is 0 Å². The monoisotopic (exact) mass is 221 g/mol. The zero-order valence-corrected chi connectivity index (χ0v) is 11.0. The molecule has 0 amide bonds. The Labute approximate surface area is 99.1 Å². The number of hydrogen-bond donors (Lipinski definition) is 1. The Balaban J connectivity index is 0.00000106. The van der Waals surface area contributed by atoms with E-state index in [1.807, 2.05) is 26.0 Å². The Kier molecular flexibility index (Phi) is 5.83. The molecule has 2 N–H and O–H groups in total. The van der Waals surface area contributed by atoms with Crippen molar-refractivity contribution in [2.24, 2.45) is 5.90 Å². The van der Waals surface area contributed by atoms with E-state index in [1.54, 1.807) is 6.08 Å². The molecule has 16 heavy (non-hydrogen) atoms. The maximum Gasteiger partial charge on any atom is 0.154 e. The van der Waals surface area contributed by atoms with Gasteiger partial charge in [0, 0.05) is 5.56 Å². The summed E-state index contributed by atoms with van der Waals surface area (Å²) >= 11 is 0. The van der Waals surface area contributed by atoms with Crippen LogP contribution in [-0.4, -0.2) is 0 Å². The summed E-state index contributed by atoms with van der Waals surface area (Å²) in [5.41, 5.74) is 2.30. The van der Waals surface area contributed by atoms with Crippen molar-refractivity contribution in [2.75, 3.05) is 0 Å². The molecule has 2 nitrogen and oxygen atoms in total. The first-order chi connectivity index (χ1) is 7.49. The van der Waals surface area contributed by atoms with Crippen LogP contribution in [0.25, 0.3) is 6.08 Å². The van der Waals surface area contributed by atoms with Gasteiger partial charge in [0.25, 0.3) is 0 Å². The fourth-order valence-electron chi connectivity index (χ4n) is 1.28. The van der Waals surface area contributed by atoms with Crippen molar-refractivity contribution < 1.29 is 4.84 Å². The van der Waals surface area contributed by atoms with Gasteiger partial charge in [0.05, 0.1) is 0 Å². The van der Waals surface area contributed by atoms with Crippen molar-refractivity contribution in [1.29, 1.82) is 0 Å². The summed E-state index contributed by atoms with van der Waals surface area (Å²) in [6.45, 7) is 14.2. The van der Waals surface area contributed by atoms with Crippen LogP contribution in [-0.2, 0) is 5.41 Å². The van der Waals surface area contributed by atoms with Crippen LogP contribution in [0.1, 0.15) is 45.7 Å². The molecule has 1 rings (SSSR count). The lowest BCUT2D eigenvalue weighted by Gasteiger charge is -2.20. The maximum absolute atomic E-state index is 5.14. The highest BCUT2D eigenvalue weighted by molar-refractivity contribution is 5.57. The molecule has 0 unspecified atom stereocenters. The van der Waals surface area contributed by atoms with Crippen molar-refractivity contribution in [2.45, 2.75) is 40.0 Å². The van der Waals surface area contributed by atoms with Gasteiger partial charge < -0.3 is 4.84 Å². The normalized spacial score (nSPS) is 10.1. The van der Waals surface area contributed by atoms with Crippen LogP contribution in [0.4, 0.5) is 0 Å². The minimum atomic E-state index is 0.130. The lowest BCUT2D eigenvalue weighted by Crippen LogP contribution is -2.12. The molecule has 0 bridgehead atoms. The molecule has 0 aliphatic heterocycles. The van der Waals surface area contributed by atoms with E-state index in [2.05, 4.69) is 33.4 Å². The van der Waals surface area contributed by atoms with E-state index in [0.29, 0.717) is 5.75 Å². The maximum atomic E-state index is 5.14. The van der Waals surface area contributed by atoms with E-state index < -0.39 is 0 Å². The molecule has 0 aliphatic carbocycles. The van der Waals surface area contributed by atoms with Gasteiger partial charge in [-0.1, -0.05) is 53.3 Å². The highest BCUT2D eigenvalue weighted by Crippen LogP contribution is 2.27. The van der Waals surface area contributed by atoms with Crippen molar-refractivity contribution in [1.82, 2.24) is 0 Å². The minimum absolute atomic E-state index is 0.130. The summed E-state index contributed by atoms with van der Waals surface area (Å²) in [4.78, 5) is 4.73. The van der Waals surface area contributed by atoms with Gasteiger partial charge in [-0.2, -0.15) is 5.90 Å². The Morgan fingerprint density at radius 3 is 2.19 bits per heavy atom. The zero-order valence-electron chi connectivity index (χ0n) is 11.0. The smallest absolute Gasteiger partial charge is 0.154 e. The molecule has 0 spiro atoms. The quantitative estimate of drug-likeness (QED) is 0.768. The van der Waals surface area contributed by atoms with E-state index in [-0.39, 0.29) is 5.41 Å². The minimum Gasteiger partial charge on any atom is -0.411 e. The number of hydrogen-bond acceptors (Lipinski definition) is 2. The van der Waals surface area contributed by atoms with E-state index in [0.717, 1.165) is 5.56 Å². The Morgan fingerprint density at radius 1 is 1.25 bits per heavy atom. The van der Waals surface area contributed by atoms with Gasteiger partial charge in [-0.05, 0) is 23.1 Å². The van der Waals surface area contributed by atoms with Crippen molar-refractivity contribution in [3.63, 3.8) is 0 Å². The van der Waals surface area contributed by atoms with Crippen LogP contribution in [0, 0.1) is 0 Å². The van der Waals surface area contributed by atoms with Gasteiger partial charge in [0.1, 0.15) is 0 Å². The van der Waals surface area contributed by atoms with Gasteiger partial charge in [-0.15, -0.1) is 0 Å². The van der Waals surface area contributed by atoms with Crippen LogP contribution in [0.5, 0.6) is 5.75 Å². The molecule has 90 valence electrons.